The Morgan fingerprint density at radius 3 is 2.22 bits per heavy atom. The van der Waals surface area contributed by atoms with Gasteiger partial charge in [-0.3, -0.25) is 9.59 Å². The molecule has 0 saturated heterocycles. The fraction of sp³-hybridized carbons (Fsp3) is 0.222. The van der Waals surface area contributed by atoms with Crippen molar-refractivity contribution < 1.29 is 14.3 Å². The number of amides is 2. The topological polar surface area (TPSA) is 58.6 Å². The molecule has 0 aliphatic heterocycles. The van der Waals surface area contributed by atoms with Gasteiger partial charge in [0.15, 0.2) is 5.75 Å². The molecular weight excluding hydrogens is 292 g/mol. The SMILES string of the molecule is CCN(CC)C(=O)C(=O)Nc1ccccc1Oc1ccccc1. The number of carbonyl (C=O) groups excluding carboxylic acids is 2. The normalized spacial score (nSPS) is 10.0. The van der Waals surface area contributed by atoms with Crippen LogP contribution in [0.2, 0.25) is 0 Å². The molecule has 0 spiro atoms. The third-order valence-electron chi connectivity index (χ3n) is 3.35. The molecule has 0 aliphatic rings. The summed E-state index contributed by atoms with van der Waals surface area (Å²) in [6.07, 6.45) is 0. The monoisotopic (exact) mass is 312 g/mol. The van der Waals surface area contributed by atoms with Crippen molar-refractivity contribution in [2.24, 2.45) is 0 Å². The fourth-order valence-corrected chi connectivity index (χ4v) is 2.10. The Morgan fingerprint density at radius 1 is 0.957 bits per heavy atom. The maximum absolute atomic E-state index is 12.1. The van der Waals surface area contributed by atoms with Crippen molar-refractivity contribution in [3.8, 4) is 11.5 Å². The summed E-state index contributed by atoms with van der Waals surface area (Å²) in [7, 11) is 0. The Labute approximate surface area is 135 Å². The van der Waals surface area contributed by atoms with Gasteiger partial charge >= 0.3 is 11.8 Å². The second kappa shape index (κ2) is 7.98. The van der Waals surface area contributed by atoms with Crippen LogP contribution in [0.5, 0.6) is 11.5 Å². The average molecular weight is 312 g/mol. The molecule has 1 N–H and O–H groups in total. The minimum absolute atomic E-state index is 0.460. The maximum Gasteiger partial charge on any atom is 0.314 e. The quantitative estimate of drug-likeness (QED) is 0.862. The van der Waals surface area contributed by atoms with Crippen molar-refractivity contribution in [1.29, 1.82) is 0 Å². The summed E-state index contributed by atoms with van der Waals surface area (Å²) in [5.74, 6) is -0.0778. The first-order valence-corrected chi connectivity index (χ1v) is 7.57. The summed E-state index contributed by atoms with van der Waals surface area (Å²) in [5.41, 5.74) is 0.460. The van der Waals surface area contributed by atoms with Crippen molar-refractivity contribution in [2.75, 3.05) is 18.4 Å². The lowest BCUT2D eigenvalue weighted by atomic mass is 10.2. The Hall–Kier alpha value is -2.82. The Bertz CT molecular complexity index is 667. The standard InChI is InChI=1S/C18H20N2O3/c1-3-20(4-2)18(22)17(21)19-15-12-8-9-13-16(15)23-14-10-6-5-7-11-14/h5-13H,3-4H2,1-2H3,(H,19,21). The zero-order chi connectivity index (χ0) is 16.7. The molecule has 0 radical (unpaired) electrons. The Morgan fingerprint density at radius 2 is 1.57 bits per heavy atom. The van der Waals surface area contributed by atoms with E-state index in [1.54, 1.807) is 24.3 Å². The third-order valence-corrected chi connectivity index (χ3v) is 3.35. The van der Waals surface area contributed by atoms with Gasteiger partial charge in [0, 0.05) is 13.1 Å². The van der Waals surface area contributed by atoms with Crippen molar-refractivity contribution >= 4 is 17.5 Å². The molecule has 0 aliphatic carbocycles. The number of rotatable bonds is 5. The number of nitrogens with one attached hydrogen (secondary N) is 1. The second-order valence-corrected chi connectivity index (χ2v) is 4.84. The van der Waals surface area contributed by atoms with Crippen LogP contribution in [0.4, 0.5) is 5.69 Å². The molecule has 23 heavy (non-hydrogen) atoms. The number of likely N-dealkylation sites (N-methyl/N-ethyl adjacent to an activating group) is 1. The van der Waals surface area contributed by atoms with Gasteiger partial charge in [0.05, 0.1) is 5.69 Å². The minimum atomic E-state index is -0.669. The highest BCUT2D eigenvalue weighted by Crippen LogP contribution is 2.29. The summed E-state index contributed by atoms with van der Waals surface area (Å²) < 4.78 is 5.76. The molecule has 5 nitrogen and oxygen atoms in total. The van der Waals surface area contributed by atoms with Crippen LogP contribution in [0.15, 0.2) is 54.6 Å². The van der Waals surface area contributed by atoms with Crippen molar-refractivity contribution in [3.63, 3.8) is 0 Å². The number of hydrogen-bond acceptors (Lipinski definition) is 3. The molecule has 2 aromatic carbocycles. The van der Waals surface area contributed by atoms with E-state index in [4.69, 9.17) is 4.74 Å². The smallest absolute Gasteiger partial charge is 0.314 e. The van der Waals surface area contributed by atoms with Crippen LogP contribution in [0.25, 0.3) is 0 Å². The van der Waals surface area contributed by atoms with Crippen LogP contribution in [0.1, 0.15) is 13.8 Å². The van der Waals surface area contributed by atoms with Gasteiger partial charge in [0.25, 0.3) is 0 Å². The molecule has 2 rings (SSSR count). The van der Waals surface area contributed by atoms with Crippen LogP contribution in [0.3, 0.4) is 0 Å². The van der Waals surface area contributed by atoms with E-state index in [9.17, 15) is 9.59 Å². The Kier molecular flexibility index (Phi) is 5.74. The molecule has 0 unspecified atom stereocenters. The molecule has 0 saturated carbocycles. The molecule has 0 aromatic heterocycles. The maximum atomic E-state index is 12.1. The lowest BCUT2D eigenvalue weighted by Gasteiger charge is -2.18. The molecule has 0 bridgehead atoms. The van der Waals surface area contributed by atoms with Gasteiger partial charge in [0.1, 0.15) is 5.75 Å². The summed E-state index contributed by atoms with van der Waals surface area (Å²) in [6, 6.07) is 16.3. The highest BCUT2D eigenvalue weighted by molar-refractivity contribution is 6.39. The predicted octanol–water partition coefficient (Wildman–Crippen LogP) is 3.29. The van der Waals surface area contributed by atoms with Crippen LogP contribution < -0.4 is 10.1 Å². The first kappa shape index (κ1) is 16.5. The van der Waals surface area contributed by atoms with Gasteiger partial charge in [0.2, 0.25) is 0 Å². The van der Waals surface area contributed by atoms with E-state index >= 15 is 0 Å². The molecule has 0 atom stereocenters. The summed E-state index contributed by atoms with van der Waals surface area (Å²) >= 11 is 0. The van der Waals surface area contributed by atoms with Crippen molar-refractivity contribution in [3.05, 3.63) is 54.6 Å². The number of carbonyl (C=O) groups is 2. The number of ether oxygens (including phenoxy) is 1. The van der Waals surface area contributed by atoms with Gasteiger partial charge in [-0.05, 0) is 38.1 Å². The van der Waals surface area contributed by atoms with Crippen LogP contribution in [0, 0.1) is 0 Å². The van der Waals surface area contributed by atoms with E-state index in [2.05, 4.69) is 5.32 Å². The van der Waals surface area contributed by atoms with Crippen LogP contribution in [-0.4, -0.2) is 29.8 Å². The lowest BCUT2D eigenvalue weighted by molar-refractivity contribution is -0.142. The lowest BCUT2D eigenvalue weighted by Crippen LogP contribution is -2.39. The first-order chi connectivity index (χ1) is 11.2. The van der Waals surface area contributed by atoms with E-state index in [0.717, 1.165) is 0 Å². The van der Waals surface area contributed by atoms with Gasteiger partial charge < -0.3 is 15.0 Å². The van der Waals surface area contributed by atoms with Crippen molar-refractivity contribution in [1.82, 2.24) is 4.90 Å². The van der Waals surface area contributed by atoms with Gasteiger partial charge in [-0.1, -0.05) is 30.3 Å². The van der Waals surface area contributed by atoms with Gasteiger partial charge in [-0.2, -0.15) is 0 Å². The van der Waals surface area contributed by atoms with E-state index in [-0.39, 0.29) is 0 Å². The minimum Gasteiger partial charge on any atom is -0.455 e. The van der Waals surface area contributed by atoms with E-state index in [0.29, 0.717) is 30.3 Å². The molecule has 5 heteroatoms. The molecule has 0 heterocycles. The summed E-state index contributed by atoms with van der Waals surface area (Å²) in [4.78, 5) is 25.6. The first-order valence-electron chi connectivity index (χ1n) is 7.57. The Balaban J connectivity index is 2.14. The largest absolute Gasteiger partial charge is 0.455 e. The number of nitrogens with zero attached hydrogens (tertiary/aromatic N) is 1. The number of hydrogen-bond donors (Lipinski definition) is 1. The van der Waals surface area contributed by atoms with E-state index in [1.807, 2.05) is 44.2 Å². The predicted molar refractivity (Wildman–Crippen MR) is 89.5 cm³/mol. The fourth-order valence-electron chi connectivity index (χ4n) is 2.10. The average Bonchev–Trinajstić information content (AvgIpc) is 2.58. The molecule has 120 valence electrons. The molecule has 2 aromatic rings. The zero-order valence-corrected chi connectivity index (χ0v) is 13.3. The highest BCUT2D eigenvalue weighted by Gasteiger charge is 2.20. The third kappa shape index (κ3) is 4.32. The van der Waals surface area contributed by atoms with Crippen LogP contribution >= 0.6 is 0 Å². The van der Waals surface area contributed by atoms with Crippen LogP contribution in [-0.2, 0) is 9.59 Å². The number of anilines is 1. The number of benzene rings is 2. The molecule has 2 amide bonds. The van der Waals surface area contributed by atoms with Crippen molar-refractivity contribution in [2.45, 2.75) is 13.8 Å². The second-order valence-electron chi connectivity index (χ2n) is 4.84. The molecule has 0 fully saturated rings. The van der Waals surface area contributed by atoms with E-state index in [1.165, 1.54) is 4.90 Å². The van der Waals surface area contributed by atoms with Gasteiger partial charge in [-0.15, -0.1) is 0 Å². The highest BCUT2D eigenvalue weighted by atomic mass is 16.5. The zero-order valence-electron chi connectivity index (χ0n) is 13.3. The summed E-state index contributed by atoms with van der Waals surface area (Å²) in [6.45, 7) is 4.65. The summed E-state index contributed by atoms with van der Waals surface area (Å²) in [5, 5.41) is 2.62. The van der Waals surface area contributed by atoms with Gasteiger partial charge in [-0.25, -0.2) is 0 Å². The number of para-hydroxylation sites is 3. The molecular formula is C18H20N2O3. The van der Waals surface area contributed by atoms with E-state index < -0.39 is 11.8 Å².